The molecule has 0 atom stereocenters. The molecule has 0 saturated carbocycles. The van der Waals surface area contributed by atoms with Crippen molar-refractivity contribution in [3.05, 3.63) is 29.8 Å². The van der Waals surface area contributed by atoms with Gasteiger partial charge in [-0.15, -0.1) is 0 Å². The van der Waals surface area contributed by atoms with E-state index in [2.05, 4.69) is 21.2 Å². The molecule has 0 radical (unpaired) electrons. The summed E-state index contributed by atoms with van der Waals surface area (Å²) in [6.07, 6.45) is 1.29. The Labute approximate surface area is 104 Å². The minimum Gasteiger partial charge on any atom is -0.384 e. The van der Waals surface area contributed by atoms with Crippen molar-refractivity contribution in [3.63, 3.8) is 0 Å². The molecular formula is C12H16BrNO2. The molecule has 88 valence electrons. The third-order valence-electron chi connectivity index (χ3n) is 2.19. The second-order valence-electron chi connectivity index (χ2n) is 3.39. The van der Waals surface area contributed by atoms with E-state index in [1.54, 1.807) is 7.11 Å². The lowest BCUT2D eigenvalue weighted by Gasteiger charge is -2.10. The zero-order valence-electron chi connectivity index (χ0n) is 9.33. The molecule has 0 saturated heterocycles. The van der Waals surface area contributed by atoms with Crippen LogP contribution in [0.1, 0.15) is 12.0 Å². The fourth-order valence-electron chi connectivity index (χ4n) is 1.37. The number of hydrogen-bond acceptors (Lipinski definition) is 2. The minimum atomic E-state index is 0.0294. The minimum absolute atomic E-state index is 0.0294. The predicted molar refractivity (Wildman–Crippen MR) is 69.1 cm³/mol. The molecular weight excluding hydrogens is 270 g/mol. The van der Waals surface area contributed by atoms with Crippen LogP contribution < -0.4 is 5.32 Å². The highest BCUT2D eigenvalue weighted by atomic mass is 79.9. The van der Waals surface area contributed by atoms with Gasteiger partial charge in [0, 0.05) is 24.5 Å². The van der Waals surface area contributed by atoms with Crippen molar-refractivity contribution in [2.45, 2.75) is 12.8 Å². The Kier molecular flexibility index (Phi) is 6.11. The summed E-state index contributed by atoms with van der Waals surface area (Å²) < 4.78 is 5.03. The summed E-state index contributed by atoms with van der Waals surface area (Å²) in [5.41, 5.74) is 1.98. The number of halogens is 1. The van der Waals surface area contributed by atoms with Gasteiger partial charge in [0.15, 0.2) is 0 Å². The lowest BCUT2D eigenvalue weighted by molar-refractivity contribution is -0.115. The monoisotopic (exact) mass is 285 g/mol. The van der Waals surface area contributed by atoms with Gasteiger partial charge in [-0.05, 0) is 18.1 Å². The van der Waals surface area contributed by atoms with Gasteiger partial charge >= 0.3 is 0 Å². The van der Waals surface area contributed by atoms with Crippen molar-refractivity contribution >= 4 is 27.5 Å². The third kappa shape index (κ3) is 4.33. The van der Waals surface area contributed by atoms with Crippen LogP contribution in [0.4, 0.5) is 5.69 Å². The first-order valence-corrected chi connectivity index (χ1v) is 6.32. The Hall–Kier alpha value is -0.870. The molecule has 0 spiro atoms. The van der Waals surface area contributed by atoms with Gasteiger partial charge in [-0.2, -0.15) is 0 Å². The van der Waals surface area contributed by atoms with Crippen LogP contribution in [-0.4, -0.2) is 25.0 Å². The van der Waals surface area contributed by atoms with Crippen molar-refractivity contribution in [2.75, 3.05) is 24.4 Å². The van der Waals surface area contributed by atoms with Gasteiger partial charge in [-0.3, -0.25) is 4.79 Å². The fourth-order valence-corrected chi connectivity index (χ4v) is 1.73. The molecule has 4 heteroatoms. The maximum absolute atomic E-state index is 11.5. The number of methoxy groups -OCH3 is 1. The maximum Gasteiger partial charge on any atom is 0.225 e. The summed E-state index contributed by atoms with van der Waals surface area (Å²) in [4.78, 5) is 11.5. The average Bonchev–Trinajstić information content (AvgIpc) is 2.28. The number of rotatable bonds is 6. The van der Waals surface area contributed by atoms with Gasteiger partial charge in [0.25, 0.3) is 0 Å². The molecule has 0 aliphatic carbocycles. The number of anilines is 1. The Morgan fingerprint density at radius 1 is 1.44 bits per heavy atom. The topological polar surface area (TPSA) is 38.3 Å². The van der Waals surface area contributed by atoms with E-state index in [0.717, 1.165) is 17.7 Å². The van der Waals surface area contributed by atoms with Gasteiger partial charge in [-0.1, -0.05) is 34.1 Å². The Morgan fingerprint density at radius 2 is 2.19 bits per heavy atom. The molecule has 0 aromatic heterocycles. The standard InChI is InChI=1S/C12H16BrNO2/c1-16-9-7-10-4-2-3-5-11(10)14-12(15)6-8-13/h2-5H,6-9H2,1H3,(H,14,15). The van der Waals surface area contributed by atoms with E-state index in [9.17, 15) is 4.79 Å². The number of para-hydroxylation sites is 1. The van der Waals surface area contributed by atoms with Crippen LogP contribution in [-0.2, 0) is 16.0 Å². The van der Waals surface area contributed by atoms with Crippen molar-refractivity contribution in [3.8, 4) is 0 Å². The van der Waals surface area contributed by atoms with E-state index in [1.165, 1.54) is 0 Å². The number of nitrogens with one attached hydrogen (secondary N) is 1. The van der Waals surface area contributed by atoms with E-state index >= 15 is 0 Å². The van der Waals surface area contributed by atoms with Crippen LogP contribution in [0.15, 0.2) is 24.3 Å². The third-order valence-corrected chi connectivity index (χ3v) is 2.59. The summed E-state index contributed by atoms with van der Waals surface area (Å²) >= 11 is 3.24. The molecule has 0 heterocycles. The van der Waals surface area contributed by atoms with Crippen LogP contribution in [0.2, 0.25) is 0 Å². The molecule has 1 amide bonds. The van der Waals surface area contributed by atoms with E-state index in [0.29, 0.717) is 18.4 Å². The van der Waals surface area contributed by atoms with E-state index in [-0.39, 0.29) is 5.91 Å². The molecule has 0 aliphatic heterocycles. The number of benzene rings is 1. The van der Waals surface area contributed by atoms with Crippen LogP contribution in [0, 0.1) is 0 Å². The molecule has 0 aliphatic rings. The number of hydrogen-bond donors (Lipinski definition) is 1. The quantitative estimate of drug-likeness (QED) is 0.816. The summed E-state index contributed by atoms with van der Waals surface area (Å²) in [6.45, 7) is 0.658. The van der Waals surface area contributed by atoms with Crippen molar-refractivity contribution in [1.29, 1.82) is 0 Å². The highest BCUT2D eigenvalue weighted by molar-refractivity contribution is 9.09. The zero-order valence-corrected chi connectivity index (χ0v) is 10.9. The average molecular weight is 286 g/mol. The molecule has 0 unspecified atom stereocenters. The SMILES string of the molecule is COCCc1ccccc1NC(=O)CCBr. The lowest BCUT2D eigenvalue weighted by Crippen LogP contribution is -2.13. The predicted octanol–water partition coefficient (Wildman–Crippen LogP) is 2.60. The van der Waals surface area contributed by atoms with Crippen molar-refractivity contribution < 1.29 is 9.53 Å². The summed E-state index contributed by atoms with van der Waals surface area (Å²) in [5.74, 6) is 0.0294. The largest absolute Gasteiger partial charge is 0.384 e. The molecule has 1 aromatic rings. The van der Waals surface area contributed by atoms with Crippen molar-refractivity contribution in [2.24, 2.45) is 0 Å². The molecule has 0 bridgehead atoms. The summed E-state index contributed by atoms with van der Waals surface area (Å²) in [7, 11) is 1.67. The molecule has 3 nitrogen and oxygen atoms in total. The maximum atomic E-state index is 11.5. The first-order valence-electron chi connectivity index (χ1n) is 5.20. The van der Waals surface area contributed by atoms with Gasteiger partial charge in [-0.25, -0.2) is 0 Å². The highest BCUT2D eigenvalue weighted by Gasteiger charge is 2.05. The van der Waals surface area contributed by atoms with Gasteiger partial charge in [0.1, 0.15) is 0 Å². The van der Waals surface area contributed by atoms with Gasteiger partial charge in [0.2, 0.25) is 5.91 Å². The van der Waals surface area contributed by atoms with Crippen LogP contribution in [0.25, 0.3) is 0 Å². The highest BCUT2D eigenvalue weighted by Crippen LogP contribution is 2.16. The number of ether oxygens (including phenoxy) is 1. The van der Waals surface area contributed by atoms with E-state index < -0.39 is 0 Å². The Morgan fingerprint density at radius 3 is 2.88 bits per heavy atom. The van der Waals surface area contributed by atoms with Crippen molar-refractivity contribution in [1.82, 2.24) is 0 Å². The lowest BCUT2D eigenvalue weighted by atomic mass is 10.1. The van der Waals surface area contributed by atoms with E-state index in [4.69, 9.17) is 4.74 Å². The van der Waals surface area contributed by atoms with Crippen LogP contribution in [0.5, 0.6) is 0 Å². The number of carbonyl (C=O) groups is 1. The molecule has 1 aromatic carbocycles. The first-order chi connectivity index (χ1) is 7.77. The molecule has 0 fully saturated rings. The molecule has 1 N–H and O–H groups in total. The summed E-state index contributed by atoms with van der Waals surface area (Å²) in [6, 6.07) is 7.80. The second kappa shape index (κ2) is 7.41. The summed E-state index contributed by atoms with van der Waals surface area (Å²) in [5, 5.41) is 3.58. The number of alkyl halides is 1. The Bertz CT molecular complexity index is 342. The van der Waals surface area contributed by atoms with Crippen LogP contribution >= 0.6 is 15.9 Å². The van der Waals surface area contributed by atoms with Gasteiger partial charge < -0.3 is 10.1 Å². The second-order valence-corrected chi connectivity index (χ2v) is 4.18. The normalized spacial score (nSPS) is 10.1. The number of amides is 1. The fraction of sp³-hybridized carbons (Fsp3) is 0.417. The van der Waals surface area contributed by atoms with E-state index in [1.807, 2.05) is 24.3 Å². The smallest absolute Gasteiger partial charge is 0.225 e. The molecule has 1 rings (SSSR count). The zero-order chi connectivity index (χ0) is 11.8. The first kappa shape index (κ1) is 13.2. The Balaban J connectivity index is 2.66. The van der Waals surface area contributed by atoms with Gasteiger partial charge in [0.05, 0.1) is 6.61 Å². The molecule has 16 heavy (non-hydrogen) atoms. The van der Waals surface area contributed by atoms with Crippen LogP contribution in [0.3, 0.4) is 0 Å². The number of carbonyl (C=O) groups excluding carboxylic acids is 1.